The highest BCUT2D eigenvalue weighted by atomic mass is 35.5. The molecule has 0 aliphatic carbocycles. The van der Waals surface area contributed by atoms with Crippen molar-refractivity contribution in [1.29, 1.82) is 0 Å². The van der Waals surface area contributed by atoms with Crippen molar-refractivity contribution in [1.82, 2.24) is 9.97 Å². The van der Waals surface area contributed by atoms with Gasteiger partial charge in [-0.1, -0.05) is 29.8 Å². The number of rotatable bonds is 7. The molecule has 2 N–H and O–H groups in total. The Kier molecular flexibility index (Phi) is 6.45. The first-order valence-electron chi connectivity index (χ1n) is 8.83. The lowest BCUT2D eigenvalue weighted by Gasteiger charge is -2.10. The van der Waals surface area contributed by atoms with Gasteiger partial charge in [-0.2, -0.15) is 0 Å². The minimum atomic E-state index is -0.306. The maximum atomic E-state index is 12.6. The van der Waals surface area contributed by atoms with Gasteiger partial charge in [0.25, 0.3) is 5.91 Å². The van der Waals surface area contributed by atoms with Gasteiger partial charge in [0.05, 0.1) is 7.11 Å². The van der Waals surface area contributed by atoms with Crippen molar-refractivity contribution in [2.45, 2.75) is 13.3 Å². The molecule has 0 aliphatic heterocycles. The predicted molar refractivity (Wildman–Crippen MR) is 111 cm³/mol. The number of carbonyl (C=O) groups is 1. The zero-order valence-electron chi connectivity index (χ0n) is 15.7. The van der Waals surface area contributed by atoms with Gasteiger partial charge in [-0.05, 0) is 43.2 Å². The summed E-state index contributed by atoms with van der Waals surface area (Å²) in [4.78, 5) is 21.2. The van der Waals surface area contributed by atoms with Crippen LogP contribution in [0.4, 0.5) is 11.5 Å². The van der Waals surface area contributed by atoms with E-state index < -0.39 is 0 Å². The average Bonchev–Trinajstić information content (AvgIpc) is 2.69. The van der Waals surface area contributed by atoms with Gasteiger partial charge in [0.15, 0.2) is 0 Å². The number of hydrogen-bond donors (Lipinski definition) is 2. The molecule has 0 atom stereocenters. The van der Waals surface area contributed by atoms with Crippen LogP contribution in [-0.2, 0) is 6.42 Å². The van der Waals surface area contributed by atoms with Crippen LogP contribution < -0.4 is 15.4 Å². The van der Waals surface area contributed by atoms with Gasteiger partial charge < -0.3 is 15.4 Å². The molecule has 0 radical (unpaired) electrons. The van der Waals surface area contributed by atoms with Gasteiger partial charge in [-0.25, -0.2) is 9.97 Å². The quantitative estimate of drug-likeness (QED) is 0.620. The van der Waals surface area contributed by atoms with Gasteiger partial charge in [-0.3, -0.25) is 4.79 Å². The number of halogens is 1. The third kappa shape index (κ3) is 5.44. The van der Waals surface area contributed by atoms with Gasteiger partial charge in [0.1, 0.15) is 23.1 Å². The maximum absolute atomic E-state index is 12.6. The second-order valence-electron chi connectivity index (χ2n) is 6.17. The van der Waals surface area contributed by atoms with Crippen molar-refractivity contribution in [3.63, 3.8) is 0 Å². The van der Waals surface area contributed by atoms with Crippen LogP contribution in [0.25, 0.3) is 0 Å². The Morgan fingerprint density at radius 1 is 1.11 bits per heavy atom. The molecule has 1 heterocycles. The molecule has 0 bridgehead atoms. The maximum Gasteiger partial charge on any atom is 0.274 e. The monoisotopic (exact) mass is 396 g/mol. The van der Waals surface area contributed by atoms with Crippen molar-refractivity contribution < 1.29 is 9.53 Å². The van der Waals surface area contributed by atoms with Crippen LogP contribution in [-0.4, -0.2) is 29.5 Å². The Hall–Kier alpha value is -3.12. The molecule has 28 heavy (non-hydrogen) atoms. The molecule has 0 saturated carbocycles. The molecule has 6 nitrogen and oxygen atoms in total. The molecule has 1 aromatic heterocycles. The molecule has 0 fully saturated rings. The van der Waals surface area contributed by atoms with Crippen LogP contribution >= 0.6 is 11.6 Å². The fourth-order valence-electron chi connectivity index (χ4n) is 2.66. The smallest absolute Gasteiger partial charge is 0.274 e. The summed E-state index contributed by atoms with van der Waals surface area (Å²) in [5.41, 5.74) is 2.10. The number of aryl methyl sites for hydroxylation is 1. The van der Waals surface area contributed by atoms with Crippen molar-refractivity contribution in [3.8, 4) is 5.75 Å². The number of nitrogens with one attached hydrogen (secondary N) is 2. The summed E-state index contributed by atoms with van der Waals surface area (Å²) in [5.74, 6) is 1.49. The number of benzene rings is 2. The van der Waals surface area contributed by atoms with Crippen LogP contribution in [0, 0.1) is 6.92 Å². The van der Waals surface area contributed by atoms with Crippen molar-refractivity contribution in [2.75, 3.05) is 24.3 Å². The van der Waals surface area contributed by atoms with E-state index in [0.717, 1.165) is 11.4 Å². The molecule has 7 heteroatoms. The second kappa shape index (κ2) is 9.19. The number of amides is 1. The van der Waals surface area contributed by atoms with E-state index in [1.54, 1.807) is 32.2 Å². The van der Waals surface area contributed by atoms with Crippen LogP contribution in [0.15, 0.2) is 54.6 Å². The lowest BCUT2D eigenvalue weighted by molar-refractivity contribution is 0.102. The molecule has 0 aliphatic rings. The van der Waals surface area contributed by atoms with E-state index in [4.69, 9.17) is 16.3 Å². The van der Waals surface area contributed by atoms with E-state index in [1.807, 2.05) is 36.4 Å². The van der Waals surface area contributed by atoms with Crippen molar-refractivity contribution in [2.24, 2.45) is 0 Å². The number of anilines is 2. The molecule has 144 valence electrons. The Balaban J connectivity index is 1.64. The van der Waals surface area contributed by atoms with E-state index in [9.17, 15) is 4.79 Å². The topological polar surface area (TPSA) is 76.1 Å². The first-order chi connectivity index (χ1) is 13.5. The summed E-state index contributed by atoms with van der Waals surface area (Å²) in [7, 11) is 1.58. The van der Waals surface area contributed by atoms with E-state index in [2.05, 4.69) is 20.6 Å². The molecular weight excluding hydrogens is 376 g/mol. The third-order valence-corrected chi connectivity index (χ3v) is 4.28. The summed E-state index contributed by atoms with van der Waals surface area (Å²) in [6.45, 7) is 2.43. The number of aromatic nitrogens is 2. The van der Waals surface area contributed by atoms with E-state index in [-0.39, 0.29) is 5.91 Å². The lowest BCUT2D eigenvalue weighted by Crippen LogP contribution is -2.16. The highest BCUT2D eigenvalue weighted by Gasteiger charge is 2.11. The summed E-state index contributed by atoms with van der Waals surface area (Å²) >= 11 is 5.90. The minimum absolute atomic E-state index is 0.296. The average molecular weight is 397 g/mol. The zero-order valence-corrected chi connectivity index (χ0v) is 16.5. The second-order valence-corrected chi connectivity index (χ2v) is 6.61. The highest BCUT2D eigenvalue weighted by molar-refractivity contribution is 6.30. The van der Waals surface area contributed by atoms with Crippen LogP contribution in [0.3, 0.4) is 0 Å². The van der Waals surface area contributed by atoms with Crippen LogP contribution in [0.2, 0.25) is 5.02 Å². The van der Waals surface area contributed by atoms with Gasteiger partial charge >= 0.3 is 0 Å². The van der Waals surface area contributed by atoms with Crippen molar-refractivity contribution >= 4 is 29.0 Å². The number of ether oxygens (including phenoxy) is 1. The largest absolute Gasteiger partial charge is 0.497 e. The Morgan fingerprint density at radius 3 is 2.64 bits per heavy atom. The molecule has 0 unspecified atom stereocenters. The molecule has 3 rings (SSSR count). The van der Waals surface area contributed by atoms with Gasteiger partial charge in [0.2, 0.25) is 0 Å². The highest BCUT2D eigenvalue weighted by Crippen LogP contribution is 2.18. The molecule has 2 aromatic carbocycles. The molecule has 1 amide bonds. The summed E-state index contributed by atoms with van der Waals surface area (Å²) in [5, 5.41) is 6.78. The summed E-state index contributed by atoms with van der Waals surface area (Å²) in [6.07, 6.45) is 0.811. The van der Waals surface area contributed by atoms with E-state index in [1.165, 1.54) is 5.56 Å². The fraction of sp³-hybridized carbons (Fsp3) is 0.190. The lowest BCUT2D eigenvalue weighted by atomic mass is 10.1. The molecule has 0 spiro atoms. The minimum Gasteiger partial charge on any atom is -0.497 e. The van der Waals surface area contributed by atoms with Gasteiger partial charge in [-0.15, -0.1) is 0 Å². The van der Waals surface area contributed by atoms with Crippen molar-refractivity contribution in [3.05, 3.63) is 76.7 Å². The number of nitrogens with zero attached hydrogens (tertiary/aromatic N) is 2. The first kappa shape index (κ1) is 19.6. The van der Waals surface area contributed by atoms with Gasteiger partial charge in [0, 0.05) is 29.4 Å². The first-order valence-corrected chi connectivity index (χ1v) is 9.21. The predicted octanol–water partition coefficient (Wildman–Crippen LogP) is 4.35. The van der Waals surface area contributed by atoms with Crippen LogP contribution in [0.5, 0.6) is 5.75 Å². The standard InChI is InChI=1S/C21H21ClN4O2/c1-14-24-19(21(27)26-17-4-3-5-18(12-17)28-2)13-20(25-14)23-11-10-15-6-8-16(22)9-7-15/h3-9,12-13H,10-11H2,1-2H3,(H,26,27)(H,23,24,25). The third-order valence-electron chi connectivity index (χ3n) is 4.03. The SMILES string of the molecule is COc1cccc(NC(=O)c2cc(NCCc3ccc(Cl)cc3)nc(C)n2)c1. The number of carbonyl (C=O) groups excluding carboxylic acids is 1. The van der Waals surface area contributed by atoms with Crippen LogP contribution in [0.1, 0.15) is 21.9 Å². The Labute approximate surface area is 168 Å². The molecule has 3 aromatic rings. The molecule has 0 saturated heterocycles. The normalized spacial score (nSPS) is 10.4. The summed E-state index contributed by atoms with van der Waals surface area (Å²) in [6, 6.07) is 16.5. The number of methoxy groups -OCH3 is 1. The Morgan fingerprint density at radius 2 is 1.89 bits per heavy atom. The zero-order chi connectivity index (χ0) is 19.9. The van der Waals surface area contributed by atoms with E-state index in [0.29, 0.717) is 35.3 Å². The molecular formula is C21H21ClN4O2. The Bertz CT molecular complexity index is 961. The fourth-order valence-corrected chi connectivity index (χ4v) is 2.78. The summed E-state index contributed by atoms with van der Waals surface area (Å²) < 4.78 is 5.17. The van der Waals surface area contributed by atoms with E-state index >= 15 is 0 Å². The number of hydrogen-bond acceptors (Lipinski definition) is 5.